The molecule has 8 heteroatoms. The first kappa shape index (κ1) is 16.7. The molecule has 2 N–H and O–H groups in total. The van der Waals surface area contributed by atoms with Crippen molar-refractivity contribution >= 4 is 67.4 Å². The number of benzene rings is 2. The van der Waals surface area contributed by atoms with E-state index >= 15 is 0 Å². The van der Waals surface area contributed by atoms with E-state index in [0.717, 1.165) is 10.2 Å². The normalized spacial score (nSPS) is 10.6. The number of hydrogen-bond acceptors (Lipinski definition) is 4. The van der Waals surface area contributed by atoms with Gasteiger partial charge in [0.05, 0.1) is 20.3 Å². The summed E-state index contributed by atoms with van der Waals surface area (Å²) in [5.41, 5.74) is 1.81. The predicted octanol–water partition coefficient (Wildman–Crippen LogP) is 4.81. The molecule has 0 aliphatic heterocycles. The highest BCUT2D eigenvalue weighted by molar-refractivity contribution is 7.22. The van der Waals surface area contributed by atoms with E-state index in [-0.39, 0.29) is 11.8 Å². The summed E-state index contributed by atoms with van der Waals surface area (Å²) in [5.74, 6) is -0.471. The molecule has 0 atom stereocenters. The maximum absolute atomic E-state index is 12.3. The average molecular weight is 380 g/mol. The highest BCUT2D eigenvalue weighted by Crippen LogP contribution is 2.29. The summed E-state index contributed by atoms with van der Waals surface area (Å²) in [6.07, 6.45) is 0. The molecule has 0 aliphatic carbocycles. The zero-order chi connectivity index (χ0) is 17.3. The van der Waals surface area contributed by atoms with Crippen LogP contribution < -0.4 is 10.6 Å². The van der Waals surface area contributed by atoms with Crippen LogP contribution in [0.3, 0.4) is 0 Å². The Balaban J connectivity index is 1.82. The third-order valence-electron chi connectivity index (χ3n) is 3.11. The van der Waals surface area contributed by atoms with Gasteiger partial charge in [0.1, 0.15) is 0 Å². The van der Waals surface area contributed by atoms with Crippen LogP contribution in [0.4, 0.5) is 10.8 Å². The number of rotatable bonds is 3. The van der Waals surface area contributed by atoms with Crippen molar-refractivity contribution in [1.82, 2.24) is 4.98 Å². The second-order valence-corrected chi connectivity index (χ2v) is 6.81. The third kappa shape index (κ3) is 3.67. The number of aromatic nitrogens is 1. The Morgan fingerprint density at radius 3 is 2.54 bits per heavy atom. The molecule has 24 heavy (non-hydrogen) atoms. The second kappa shape index (κ2) is 6.76. The smallest absolute Gasteiger partial charge is 0.257 e. The Kier molecular flexibility index (Phi) is 4.71. The van der Waals surface area contributed by atoms with E-state index < -0.39 is 0 Å². The van der Waals surface area contributed by atoms with Gasteiger partial charge in [-0.15, -0.1) is 0 Å². The minimum absolute atomic E-state index is 0.146. The number of carbonyl (C=O) groups is 2. The van der Waals surface area contributed by atoms with E-state index in [2.05, 4.69) is 15.6 Å². The van der Waals surface area contributed by atoms with Gasteiger partial charge >= 0.3 is 0 Å². The summed E-state index contributed by atoms with van der Waals surface area (Å²) in [5, 5.41) is 6.60. The Bertz CT molecular complexity index is 956. The molecule has 3 aromatic rings. The summed E-state index contributed by atoms with van der Waals surface area (Å²) in [6.45, 7) is 1.44. The quantitative estimate of drug-likeness (QED) is 0.685. The van der Waals surface area contributed by atoms with Crippen LogP contribution in [0.5, 0.6) is 0 Å². The van der Waals surface area contributed by atoms with E-state index in [4.69, 9.17) is 23.2 Å². The molecule has 5 nitrogen and oxygen atoms in total. The van der Waals surface area contributed by atoms with Crippen LogP contribution in [0, 0.1) is 0 Å². The first-order valence-electron chi connectivity index (χ1n) is 6.87. The minimum atomic E-state index is -0.324. The van der Waals surface area contributed by atoms with Crippen molar-refractivity contribution in [3.05, 3.63) is 52.0 Å². The van der Waals surface area contributed by atoms with E-state index in [0.29, 0.717) is 26.4 Å². The molecule has 2 aromatic carbocycles. The number of fused-ring (bicyclic) bond motifs is 1. The van der Waals surface area contributed by atoms with Crippen molar-refractivity contribution in [2.45, 2.75) is 6.92 Å². The predicted molar refractivity (Wildman–Crippen MR) is 98.3 cm³/mol. The average Bonchev–Trinajstić information content (AvgIpc) is 2.90. The number of carbonyl (C=O) groups excluding carboxylic acids is 2. The molecule has 0 fully saturated rings. The lowest BCUT2D eigenvalue weighted by Crippen LogP contribution is -2.11. The maximum atomic E-state index is 12.3. The number of thiazole rings is 1. The summed E-state index contributed by atoms with van der Waals surface area (Å²) < 4.78 is 0.852. The van der Waals surface area contributed by atoms with Crippen LogP contribution in [-0.4, -0.2) is 16.8 Å². The Labute approximate surface area is 151 Å². The standard InChI is InChI=1S/C16H11Cl2N3O2S/c1-8(22)19-10-3-5-13-14(7-10)24-16(20-13)21-15(23)9-2-4-11(17)12(18)6-9/h2-7H,1H3,(H,19,22)(H,20,21,23). The van der Waals surface area contributed by atoms with E-state index in [1.54, 1.807) is 24.3 Å². The molecular weight excluding hydrogens is 369 g/mol. The SMILES string of the molecule is CC(=O)Nc1ccc2nc(NC(=O)c3ccc(Cl)c(Cl)c3)sc2c1. The zero-order valence-corrected chi connectivity index (χ0v) is 14.7. The van der Waals surface area contributed by atoms with E-state index in [1.807, 2.05) is 6.07 Å². The molecule has 0 saturated carbocycles. The van der Waals surface area contributed by atoms with Crippen molar-refractivity contribution in [2.75, 3.05) is 10.6 Å². The largest absolute Gasteiger partial charge is 0.326 e. The molecule has 0 bridgehead atoms. The van der Waals surface area contributed by atoms with Gasteiger partial charge in [-0.05, 0) is 36.4 Å². The Morgan fingerprint density at radius 2 is 1.83 bits per heavy atom. The van der Waals surface area contributed by atoms with Crippen LogP contribution in [0.2, 0.25) is 10.0 Å². The number of amides is 2. The lowest BCUT2D eigenvalue weighted by atomic mass is 10.2. The van der Waals surface area contributed by atoms with Crippen LogP contribution >= 0.6 is 34.5 Å². The lowest BCUT2D eigenvalue weighted by molar-refractivity contribution is -0.114. The van der Waals surface area contributed by atoms with Crippen molar-refractivity contribution in [1.29, 1.82) is 0 Å². The topological polar surface area (TPSA) is 71.1 Å². The van der Waals surface area contributed by atoms with E-state index in [9.17, 15) is 9.59 Å². The Morgan fingerprint density at radius 1 is 1.04 bits per heavy atom. The number of hydrogen-bond donors (Lipinski definition) is 2. The van der Waals surface area contributed by atoms with Gasteiger partial charge in [0.2, 0.25) is 5.91 Å². The first-order valence-corrected chi connectivity index (χ1v) is 8.44. The number of nitrogens with one attached hydrogen (secondary N) is 2. The molecule has 0 spiro atoms. The van der Waals surface area contributed by atoms with Crippen LogP contribution in [0.25, 0.3) is 10.2 Å². The van der Waals surface area contributed by atoms with Crippen molar-refractivity contribution in [3.63, 3.8) is 0 Å². The Hall–Kier alpha value is -2.15. The van der Waals surface area contributed by atoms with Gasteiger partial charge < -0.3 is 5.32 Å². The van der Waals surface area contributed by atoms with Crippen LogP contribution in [-0.2, 0) is 4.79 Å². The van der Waals surface area contributed by atoms with Crippen LogP contribution in [0.1, 0.15) is 17.3 Å². The third-order valence-corrected chi connectivity index (χ3v) is 4.78. The second-order valence-electron chi connectivity index (χ2n) is 4.97. The summed E-state index contributed by atoms with van der Waals surface area (Å²) in [6, 6.07) is 10.0. The fourth-order valence-electron chi connectivity index (χ4n) is 2.07. The van der Waals surface area contributed by atoms with Crippen molar-refractivity contribution in [3.8, 4) is 0 Å². The summed E-state index contributed by atoms with van der Waals surface area (Å²) in [4.78, 5) is 27.7. The fourth-order valence-corrected chi connectivity index (χ4v) is 3.26. The zero-order valence-electron chi connectivity index (χ0n) is 12.4. The lowest BCUT2D eigenvalue weighted by Gasteiger charge is -2.02. The van der Waals surface area contributed by atoms with Gasteiger partial charge in [-0.2, -0.15) is 0 Å². The van der Waals surface area contributed by atoms with Gasteiger partial charge in [-0.25, -0.2) is 4.98 Å². The van der Waals surface area contributed by atoms with E-state index in [1.165, 1.54) is 24.3 Å². The minimum Gasteiger partial charge on any atom is -0.326 e. The molecule has 0 unspecified atom stereocenters. The fraction of sp³-hybridized carbons (Fsp3) is 0.0625. The maximum Gasteiger partial charge on any atom is 0.257 e. The van der Waals surface area contributed by atoms with Gasteiger partial charge in [-0.1, -0.05) is 34.5 Å². The number of nitrogens with zero attached hydrogens (tertiary/aromatic N) is 1. The molecule has 2 amide bonds. The highest BCUT2D eigenvalue weighted by atomic mass is 35.5. The van der Waals surface area contributed by atoms with Gasteiger partial charge in [0.15, 0.2) is 5.13 Å². The van der Waals surface area contributed by atoms with Gasteiger partial charge in [0.25, 0.3) is 5.91 Å². The molecule has 0 radical (unpaired) electrons. The van der Waals surface area contributed by atoms with Crippen LogP contribution in [0.15, 0.2) is 36.4 Å². The molecular formula is C16H11Cl2N3O2S. The van der Waals surface area contributed by atoms with Crippen molar-refractivity contribution in [2.24, 2.45) is 0 Å². The van der Waals surface area contributed by atoms with Gasteiger partial charge in [-0.3, -0.25) is 14.9 Å². The molecule has 0 saturated heterocycles. The van der Waals surface area contributed by atoms with Crippen molar-refractivity contribution < 1.29 is 9.59 Å². The highest BCUT2D eigenvalue weighted by Gasteiger charge is 2.12. The number of halogens is 2. The number of anilines is 2. The molecule has 1 aromatic heterocycles. The first-order chi connectivity index (χ1) is 11.4. The molecule has 1 heterocycles. The molecule has 3 rings (SSSR count). The van der Waals surface area contributed by atoms with Gasteiger partial charge in [0, 0.05) is 18.2 Å². The monoisotopic (exact) mass is 379 g/mol. The summed E-state index contributed by atoms with van der Waals surface area (Å²) in [7, 11) is 0. The summed E-state index contributed by atoms with van der Waals surface area (Å²) >= 11 is 13.1. The molecule has 0 aliphatic rings. The molecule has 122 valence electrons.